The molecule has 1 aliphatic heterocycles. The van der Waals surface area contributed by atoms with Gasteiger partial charge in [-0.3, -0.25) is 0 Å². The number of aliphatic hydroxyl groups excluding tert-OH is 1. The molecule has 0 aliphatic carbocycles. The lowest BCUT2D eigenvalue weighted by Gasteiger charge is -2.23. The van der Waals surface area contributed by atoms with Gasteiger partial charge in [0.2, 0.25) is 0 Å². The van der Waals surface area contributed by atoms with Gasteiger partial charge < -0.3 is 20.5 Å². The first kappa shape index (κ1) is 12.2. The molecular formula is C13H20N2O2. The molecule has 1 aliphatic rings. The quantitative estimate of drug-likeness (QED) is 0.772. The summed E-state index contributed by atoms with van der Waals surface area (Å²) < 4.78 is 5.58. The average molecular weight is 236 g/mol. The normalized spacial score (nSPS) is 24.2. The zero-order valence-electron chi connectivity index (χ0n) is 10.2. The van der Waals surface area contributed by atoms with E-state index in [1.165, 1.54) is 5.69 Å². The van der Waals surface area contributed by atoms with Gasteiger partial charge in [-0.25, -0.2) is 0 Å². The zero-order chi connectivity index (χ0) is 12.3. The molecule has 1 fully saturated rings. The van der Waals surface area contributed by atoms with Crippen molar-refractivity contribution in [3.05, 3.63) is 24.3 Å². The van der Waals surface area contributed by atoms with E-state index in [0.29, 0.717) is 12.6 Å². The van der Waals surface area contributed by atoms with E-state index in [9.17, 15) is 0 Å². The average Bonchev–Trinajstić information content (AvgIpc) is 2.69. The number of nitrogen functional groups attached to an aromatic ring is 1. The summed E-state index contributed by atoms with van der Waals surface area (Å²) in [6.45, 7) is 3.59. The predicted molar refractivity (Wildman–Crippen MR) is 69.1 cm³/mol. The first-order valence-electron chi connectivity index (χ1n) is 6.05. The fourth-order valence-electron chi connectivity index (χ4n) is 2.35. The number of rotatable bonds is 4. The van der Waals surface area contributed by atoms with E-state index in [1.807, 2.05) is 24.3 Å². The summed E-state index contributed by atoms with van der Waals surface area (Å²) in [4.78, 5) is 2.32. The van der Waals surface area contributed by atoms with E-state index in [-0.39, 0.29) is 12.7 Å². The SMILES string of the molecule is CC1CC(OCCO)CN1c1ccc(N)cc1. The molecule has 2 rings (SSSR count). The molecule has 0 amide bonds. The smallest absolute Gasteiger partial charge is 0.0770 e. The maximum atomic E-state index is 8.75. The van der Waals surface area contributed by atoms with E-state index in [0.717, 1.165) is 18.7 Å². The van der Waals surface area contributed by atoms with Crippen molar-refractivity contribution in [3.8, 4) is 0 Å². The Morgan fingerprint density at radius 2 is 2.12 bits per heavy atom. The third-order valence-corrected chi connectivity index (χ3v) is 3.21. The van der Waals surface area contributed by atoms with Gasteiger partial charge in [-0.05, 0) is 37.6 Å². The molecule has 1 heterocycles. The number of hydrogen-bond donors (Lipinski definition) is 2. The summed E-state index contributed by atoms with van der Waals surface area (Å²) in [6.07, 6.45) is 1.22. The van der Waals surface area contributed by atoms with E-state index < -0.39 is 0 Å². The highest BCUT2D eigenvalue weighted by atomic mass is 16.5. The van der Waals surface area contributed by atoms with Crippen molar-refractivity contribution in [2.24, 2.45) is 0 Å². The van der Waals surface area contributed by atoms with Crippen molar-refractivity contribution in [2.75, 3.05) is 30.4 Å². The highest BCUT2D eigenvalue weighted by Gasteiger charge is 2.29. The number of benzene rings is 1. The molecule has 0 bridgehead atoms. The molecule has 0 radical (unpaired) electrons. The van der Waals surface area contributed by atoms with Crippen LogP contribution in [0.3, 0.4) is 0 Å². The minimum atomic E-state index is 0.0900. The van der Waals surface area contributed by atoms with E-state index >= 15 is 0 Å². The molecule has 0 aromatic heterocycles. The lowest BCUT2D eigenvalue weighted by atomic mass is 10.2. The number of ether oxygens (including phenoxy) is 1. The van der Waals surface area contributed by atoms with Crippen LogP contribution in [-0.2, 0) is 4.74 Å². The molecule has 1 saturated heterocycles. The number of hydrogen-bond acceptors (Lipinski definition) is 4. The Morgan fingerprint density at radius 1 is 1.41 bits per heavy atom. The van der Waals surface area contributed by atoms with Gasteiger partial charge in [0.15, 0.2) is 0 Å². The summed E-state index contributed by atoms with van der Waals surface area (Å²) in [5.41, 5.74) is 7.65. The van der Waals surface area contributed by atoms with Crippen molar-refractivity contribution in [1.82, 2.24) is 0 Å². The van der Waals surface area contributed by atoms with E-state index in [2.05, 4.69) is 11.8 Å². The molecule has 3 N–H and O–H groups in total. The molecule has 2 unspecified atom stereocenters. The molecular weight excluding hydrogens is 216 g/mol. The Balaban J connectivity index is 2.00. The van der Waals surface area contributed by atoms with E-state index in [1.54, 1.807) is 0 Å². The van der Waals surface area contributed by atoms with Crippen LogP contribution in [0.5, 0.6) is 0 Å². The number of anilines is 2. The van der Waals surface area contributed by atoms with Crippen LogP contribution in [-0.4, -0.2) is 37.0 Å². The summed E-state index contributed by atoms with van der Waals surface area (Å²) in [7, 11) is 0. The lowest BCUT2D eigenvalue weighted by molar-refractivity contribution is 0.0397. The maximum absolute atomic E-state index is 8.75. The van der Waals surface area contributed by atoms with Crippen molar-refractivity contribution < 1.29 is 9.84 Å². The molecule has 94 valence electrons. The molecule has 4 heteroatoms. The molecule has 4 nitrogen and oxygen atoms in total. The van der Waals surface area contributed by atoms with Gasteiger partial charge in [-0.2, -0.15) is 0 Å². The molecule has 2 atom stereocenters. The Bertz CT molecular complexity index is 353. The van der Waals surface area contributed by atoms with Gasteiger partial charge >= 0.3 is 0 Å². The van der Waals surface area contributed by atoms with Gasteiger partial charge in [-0.1, -0.05) is 0 Å². The molecule has 0 spiro atoms. The first-order chi connectivity index (χ1) is 8.20. The fraction of sp³-hybridized carbons (Fsp3) is 0.538. The zero-order valence-corrected chi connectivity index (χ0v) is 10.2. The molecule has 0 saturated carbocycles. The standard InChI is InChI=1S/C13H20N2O2/c1-10-8-13(17-7-6-16)9-15(10)12-4-2-11(14)3-5-12/h2-5,10,13,16H,6-9,14H2,1H3. The van der Waals surface area contributed by atoms with Crippen LogP contribution in [0, 0.1) is 0 Å². The van der Waals surface area contributed by atoms with Crippen LogP contribution in [0.2, 0.25) is 0 Å². The van der Waals surface area contributed by atoms with Crippen LogP contribution < -0.4 is 10.6 Å². The van der Waals surface area contributed by atoms with Gasteiger partial charge in [-0.15, -0.1) is 0 Å². The first-order valence-corrected chi connectivity index (χ1v) is 6.05. The third kappa shape index (κ3) is 2.90. The largest absolute Gasteiger partial charge is 0.399 e. The second-order valence-corrected chi connectivity index (χ2v) is 4.55. The Morgan fingerprint density at radius 3 is 2.76 bits per heavy atom. The topological polar surface area (TPSA) is 58.7 Å². The highest BCUT2D eigenvalue weighted by Crippen LogP contribution is 2.27. The van der Waals surface area contributed by atoms with Crippen LogP contribution in [0.4, 0.5) is 11.4 Å². The van der Waals surface area contributed by atoms with Crippen molar-refractivity contribution in [1.29, 1.82) is 0 Å². The second kappa shape index (κ2) is 5.38. The van der Waals surface area contributed by atoms with Crippen LogP contribution in [0.15, 0.2) is 24.3 Å². The van der Waals surface area contributed by atoms with Gasteiger partial charge in [0, 0.05) is 24.0 Å². The van der Waals surface area contributed by atoms with Gasteiger partial charge in [0.05, 0.1) is 19.3 Å². The van der Waals surface area contributed by atoms with Crippen molar-refractivity contribution in [2.45, 2.75) is 25.5 Å². The van der Waals surface area contributed by atoms with Gasteiger partial charge in [0.1, 0.15) is 0 Å². The number of nitrogens with two attached hydrogens (primary N) is 1. The minimum absolute atomic E-state index is 0.0900. The summed E-state index contributed by atoms with van der Waals surface area (Å²) in [5, 5.41) is 8.75. The van der Waals surface area contributed by atoms with Crippen LogP contribution >= 0.6 is 0 Å². The Hall–Kier alpha value is -1.26. The second-order valence-electron chi connectivity index (χ2n) is 4.55. The number of aliphatic hydroxyl groups is 1. The fourth-order valence-corrected chi connectivity index (χ4v) is 2.35. The highest BCUT2D eigenvalue weighted by molar-refractivity contribution is 5.54. The summed E-state index contributed by atoms with van der Waals surface area (Å²) in [6, 6.07) is 8.39. The van der Waals surface area contributed by atoms with Crippen molar-refractivity contribution >= 4 is 11.4 Å². The van der Waals surface area contributed by atoms with E-state index in [4.69, 9.17) is 15.6 Å². The molecule has 1 aromatic rings. The molecule has 1 aromatic carbocycles. The summed E-state index contributed by atoms with van der Waals surface area (Å²) >= 11 is 0. The summed E-state index contributed by atoms with van der Waals surface area (Å²) in [5.74, 6) is 0. The number of nitrogens with zero attached hydrogens (tertiary/aromatic N) is 1. The predicted octanol–water partition coefficient (Wildman–Crippen LogP) is 1.24. The lowest BCUT2D eigenvalue weighted by Crippen LogP contribution is -2.27. The monoisotopic (exact) mass is 236 g/mol. The van der Waals surface area contributed by atoms with Crippen LogP contribution in [0.1, 0.15) is 13.3 Å². The third-order valence-electron chi connectivity index (χ3n) is 3.21. The molecule has 17 heavy (non-hydrogen) atoms. The minimum Gasteiger partial charge on any atom is -0.399 e. The van der Waals surface area contributed by atoms with Crippen LogP contribution in [0.25, 0.3) is 0 Å². The Kier molecular flexibility index (Phi) is 3.86. The van der Waals surface area contributed by atoms with Crippen molar-refractivity contribution in [3.63, 3.8) is 0 Å². The maximum Gasteiger partial charge on any atom is 0.0770 e. The van der Waals surface area contributed by atoms with Gasteiger partial charge in [0.25, 0.3) is 0 Å². The Labute approximate surface area is 102 Å².